The van der Waals surface area contributed by atoms with Crippen molar-refractivity contribution in [2.75, 3.05) is 31.1 Å². The summed E-state index contributed by atoms with van der Waals surface area (Å²) >= 11 is 1.51. The van der Waals surface area contributed by atoms with Gasteiger partial charge in [-0.05, 0) is 36.1 Å². The Morgan fingerprint density at radius 3 is 2.67 bits per heavy atom. The van der Waals surface area contributed by atoms with Crippen LogP contribution < -0.4 is 4.90 Å². The van der Waals surface area contributed by atoms with E-state index in [1.54, 1.807) is 6.20 Å². The number of carbonyl (C=O) groups excluding carboxylic acids is 1. The second kappa shape index (κ2) is 7.48. The molecule has 1 aliphatic rings. The van der Waals surface area contributed by atoms with Crippen molar-refractivity contribution in [3.63, 3.8) is 0 Å². The van der Waals surface area contributed by atoms with Crippen molar-refractivity contribution in [2.24, 2.45) is 0 Å². The lowest BCUT2D eigenvalue weighted by Crippen LogP contribution is -2.48. The van der Waals surface area contributed by atoms with E-state index in [0.717, 1.165) is 34.9 Å². The van der Waals surface area contributed by atoms with E-state index in [9.17, 15) is 4.79 Å². The van der Waals surface area contributed by atoms with E-state index in [0.29, 0.717) is 31.2 Å². The fourth-order valence-corrected chi connectivity index (χ4v) is 3.92. The summed E-state index contributed by atoms with van der Waals surface area (Å²) in [6.07, 6.45) is 2.48. The highest BCUT2D eigenvalue weighted by atomic mass is 32.1. The number of rotatable bonds is 4. The van der Waals surface area contributed by atoms with Crippen LogP contribution in [0.15, 0.2) is 34.3 Å². The molecule has 1 fully saturated rings. The standard InChI is InChI=1S/C19H21N5O2S/c1-3-17-21-18(22-26-17)14-4-5-16(20-11-14)23-6-8-24(9-7-23)19(25)15-10-13(2)12-27-15/h4-5,10-12H,3,6-9H2,1-2H3. The van der Waals surface area contributed by atoms with Gasteiger partial charge in [-0.15, -0.1) is 11.3 Å². The van der Waals surface area contributed by atoms with Gasteiger partial charge in [0.2, 0.25) is 11.7 Å². The van der Waals surface area contributed by atoms with Gasteiger partial charge in [0.05, 0.1) is 4.88 Å². The summed E-state index contributed by atoms with van der Waals surface area (Å²) in [5, 5.41) is 5.99. The number of aryl methyl sites for hydroxylation is 2. The summed E-state index contributed by atoms with van der Waals surface area (Å²) in [7, 11) is 0. The van der Waals surface area contributed by atoms with Crippen molar-refractivity contribution in [1.29, 1.82) is 0 Å². The van der Waals surface area contributed by atoms with Crippen LogP contribution in [0.1, 0.15) is 28.0 Å². The first-order valence-corrected chi connectivity index (χ1v) is 9.90. The van der Waals surface area contributed by atoms with Crippen molar-refractivity contribution in [2.45, 2.75) is 20.3 Å². The molecule has 0 spiro atoms. The van der Waals surface area contributed by atoms with Crippen molar-refractivity contribution in [1.82, 2.24) is 20.0 Å². The lowest BCUT2D eigenvalue weighted by molar-refractivity contribution is 0.0751. The zero-order valence-electron chi connectivity index (χ0n) is 15.4. The molecule has 0 bridgehead atoms. The predicted octanol–water partition coefficient (Wildman–Crippen LogP) is 3.03. The molecule has 3 aromatic rings. The second-order valence-electron chi connectivity index (χ2n) is 6.54. The molecule has 1 saturated heterocycles. The summed E-state index contributed by atoms with van der Waals surface area (Å²) < 4.78 is 5.15. The molecule has 0 aromatic carbocycles. The van der Waals surface area contributed by atoms with Crippen LogP contribution in [0.5, 0.6) is 0 Å². The van der Waals surface area contributed by atoms with Crippen LogP contribution in [-0.4, -0.2) is 52.1 Å². The van der Waals surface area contributed by atoms with Crippen molar-refractivity contribution in [3.8, 4) is 11.4 Å². The number of pyridine rings is 1. The van der Waals surface area contributed by atoms with Gasteiger partial charge < -0.3 is 14.3 Å². The quantitative estimate of drug-likeness (QED) is 0.689. The third-order valence-corrected chi connectivity index (χ3v) is 5.64. The van der Waals surface area contributed by atoms with E-state index >= 15 is 0 Å². The fourth-order valence-electron chi connectivity index (χ4n) is 3.06. The minimum atomic E-state index is 0.125. The van der Waals surface area contributed by atoms with Crippen LogP contribution in [0, 0.1) is 6.92 Å². The number of thiophene rings is 1. The average Bonchev–Trinajstić information content (AvgIpc) is 3.37. The van der Waals surface area contributed by atoms with Crippen molar-refractivity contribution >= 4 is 23.1 Å². The first-order valence-electron chi connectivity index (χ1n) is 9.02. The van der Waals surface area contributed by atoms with E-state index < -0.39 is 0 Å². The van der Waals surface area contributed by atoms with Gasteiger partial charge in [0.25, 0.3) is 5.91 Å². The molecule has 0 radical (unpaired) electrons. The fraction of sp³-hybridized carbons (Fsp3) is 0.368. The van der Waals surface area contributed by atoms with Gasteiger partial charge in [-0.3, -0.25) is 4.79 Å². The molecule has 3 aromatic heterocycles. The normalized spacial score (nSPS) is 14.6. The first kappa shape index (κ1) is 17.7. The van der Waals surface area contributed by atoms with Gasteiger partial charge in [-0.25, -0.2) is 4.98 Å². The van der Waals surface area contributed by atoms with E-state index in [1.165, 1.54) is 11.3 Å². The SMILES string of the molecule is CCc1nc(-c2ccc(N3CCN(C(=O)c4cc(C)cs4)CC3)nc2)no1. The van der Waals surface area contributed by atoms with E-state index in [1.807, 2.05) is 42.3 Å². The van der Waals surface area contributed by atoms with Gasteiger partial charge in [0.15, 0.2) is 0 Å². The Bertz CT molecular complexity index is 926. The van der Waals surface area contributed by atoms with Crippen molar-refractivity contribution in [3.05, 3.63) is 46.1 Å². The van der Waals surface area contributed by atoms with Crippen LogP contribution in [-0.2, 0) is 6.42 Å². The van der Waals surface area contributed by atoms with Gasteiger partial charge in [0, 0.05) is 44.4 Å². The Labute approximate surface area is 161 Å². The molecule has 1 aliphatic heterocycles. The van der Waals surface area contributed by atoms with E-state index in [-0.39, 0.29) is 5.91 Å². The Morgan fingerprint density at radius 1 is 1.26 bits per heavy atom. The van der Waals surface area contributed by atoms with Crippen LogP contribution in [0.25, 0.3) is 11.4 Å². The number of piperazine rings is 1. The molecule has 7 nitrogen and oxygen atoms in total. The van der Waals surface area contributed by atoms with Crippen LogP contribution in [0.3, 0.4) is 0 Å². The molecule has 8 heteroatoms. The Hall–Kier alpha value is -2.74. The molecule has 0 atom stereocenters. The number of nitrogens with zero attached hydrogens (tertiary/aromatic N) is 5. The molecule has 0 unspecified atom stereocenters. The minimum absolute atomic E-state index is 0.125. The van der Waals surface area contributed by atoms with Crippen molar-refractivity contribution < 1.29 is 9.32 Å². The number of carbonyl (C=O) groups is 1. The largest absolute Gasteiger partial charge is 0.353 e. The maximum atomic E-state index is 12.6. The average molecular weight is 383 g/mol. The highest BCUT2D eigenvalue weighted by Crippen LogP contribution is 2.21. The Balaban J connectivity index is 1.38. The van der Waals surface area contributed by atoms with Gasteiger partial charge in [0.1, 0.15) is 5.82 Å². The first-order chi connectivity index (χ1) is 13.1. The lowest BCUT2D eigenvalue weighted by Gasteiger charge is -2.35. The molecule has 140 valence electrons. The molecular formula is C19H21N5O2S. The summed E-state index contributed by atoms with van der Waals surface area (Å²) in [6, 6.07) is 5.89. The zero-order chi connectivity index (χ0) is 18.8. The molecule has 0 saturated carbocycles. The van der Waals surface area contributed by atoms with Gasteiger partial charge in [-0.2, -0.15) is 4.98 Å². The number of anilines is 1. The Morgan fingerprint density at radius 2 is 2.07 bits per heavy atom. The number of hydrogen-bond donors (Lipinski definition) is 0. The predicted molar refractivity (Wildman–Crippen MR) is 104 cm³/mol. The molecule has 0 N–H and O–H groups in total. The van der Waals surface area contributed by atoms with Crippen LogP contribution >= 0.6 is 11.3 Å². The van der Waals surface area contributed by atoms with Gasteiger partial charge >= 0.3 is 0 Å². The molecule has 4 rings (SSSR count). The smallest absolute Gasteiger partial charge is 0.264 e. The third-order valence-electron chi connectivity index (χ3n) is 4.61. The third kappa shape index (κ3) is 3.71. The molecule has 0 aliphatic carbocycles. The summed E-state index contributed by atoms with van der Waals surface area (Å²) in [5.74, 6) is 2.21. The van der Waals surface area contributed by atoms with Crippen LogP contribution in [0.4, 0.5) is 5.82 Å². The van der Waals surface area contributed by atoms with E-state index in [2.05, 4.69) is 20.0 Å². The monoisotopic (exact) mass is 383 g/mol. The number of aromatic nitrogens is 3. The summed E-state index contributed by atoms with van der Waals surface area (Å²) in [6.45, 7) is 6.92. The zero-order valence-corrected chi connectivity index (χ0v) is 16.2. The minimum Gasteiger partial charge on any atom is -0.353 e. The van der Waals surface area contributed by atoms with E-state index in [4.69, 9.17) is 4.52 Å². The molecule has 4 heterocycles. The molecular weight excluding hydrogens is 362 g/mol. The summed E-state index contributed by atoms with van der Waals surface area (Å²) in [5.41, 5.74) is 1.98. The Kier molecular flexibility index (Phi) is 4.89. The highest BCUT2D eigenvalue weighted by molar-refractivity contribution is 7.12. The maximum Gasteiger partial charge on any atom is 0.264 e. The topological polar surface area (TPSA) is 75.4 Å². The molecule has 1 amide bonds. The highest BCUT2D eigenvalue weighted by Gasteiger charge is 2.23. The lowest BCUT2D eigenvalue weighted by atomic mass is 10.2. The summed E-state index contributed by atoms with van der Waals surface area (Å²) in [4.78, 5) is 26.4. The molecule has 27 heavy (non-hydrogen) atoms. The number of amides is 1. The second-order valence-corrected chi connectivity index (χ2v) is 7.45. The maximum absolute atomic E-state index is 12.6. The van der Waals surface area contributed by atoms with Gasteiger partial charge in [-0.1, -0.05) is 12.1 Å². The van der Waals surface area contributed by atoms with Crippen LogP contribution in [0.2, 0.25) is 0 Å². The number of hydrogen-bond acceptors (Lipinski definition) is 7.